The molecule has 1 rings (SSSR count). The van der Waals surface area contributed by atoms with Crippen LogP contribution >= 0.6 is 0 Å². The zero-order valence-corrected chi connectivity index (χ0v) is 9.41. The molecule has 0 aromatic heterocycles. The lowest BCUT2D eigenvalue weighted by Gasteiger charge is -2.30. The lowest BCUT2D eigenvalue weighted by atomic mass is 9.78. The third kappa shape index (κ3) is 2.08. The van der Waals surface area contributed by atoms with Crippen molar-refractivity contribution in [1.29, 1.82) is 0 Å². The molecule has 0 aromatic rings. The lowest BCUT2D eigenvalue weighted by Crippen LogP contribution is -2.34. The number of hydrogen-bond acceptors (Lipinski definition) is 3. The number of aliphatic hydroxyl groups is 1. The Balaban J connectivity index is 2.69. The zero-order valence-electron chi connectivity index (χ0n) is 9.41. The standard InChI is InChI=1S/C11H20O3/c1-11(2,3)8-6-5-7(9(8)12)10(13)14-4/h7-9,12H,5-6H2,1-4H3. The predicted octanol–water partition coefficient (Wildman–Crippen LogP) is 1.59. The van der Waals surface area contributed by atoms with Gasteiger partial charge in [-0.3, -0.25) is 4.79 Å². The smallest absolute Gasteiger partial charge is 0.311 e. The van der Waals surface area contributed by atoms with Crippen molar-refractivity contribution < 1.29 is 14.6 Å². The Kier molecular flexibility index (Phi) is 3.20. The Morgan fingerprint density at radius 3 is 2.29 bits per heavy atom. The summed E-state index contributed by atoms with van der Waals surface area (Å²) in [6, 6.07) is 0. The molecule has 1 N–H and O–H groups in total. The molecular weight excluding hydrogens is 180 g/mol. The molecule has 14 heavy (non-hydrogen) atoms. The van der Waals surface area contributed by atoms with Crippen LogP contribution in [0.15, 0.2) is 0 Å². The highest BCUT2D eigenvalue weighted by molar-refractivity contribution is 5.73. The van der Waals surface area contributed by atoms with E-state index in [1.54, 1.807) is 0 Å². The second-order valence-corrected chi connectivity index (χ2v) is 5.17. The minimum absolute atomic E-state index is 0.0577. The zero-order chi connectivity index (χ0) is 10.9. The molecule has 0 radical (unpaired) electrons. The maximum Gasteiger partial charge on any atom is 0.311 e. The van der Waals surface area contributed by atoms with E-state index in [2.05, 4.69) is 25.5 Å². The molecule has 1 fully saturated rings. The van der Waals surface area contributed by atoms with Gasteiger partial charge in [0.05, 0.1) is 19.1 Å². The number of aliphatic hydroxyl groups excluding tert-OH is 1. The third-order valence-electron chi connectivity index (χ3n) is 3.23. The van der Waals surface area contributed by atoms with Crippen molar-refractivity contribution in [2.75, 3.05) is 7.11 Å². The van der Waals surface area contributed by atoms with Gasteiger partial charge in [0.1, 0.15) is 0 Å². The van der Waals surface area contributed by atoms with Crippen molar-refractivity contribution in [3.8, 4) is 0 Å². The molecule has 1 saturated carbocycles. The van der Waals surface area contributed by atoms with E-state index in [9.17, 15) is 9.90 Å². The molecule has 0 saturated heterocycles. The van der Waals surface area contributed by atoms with Crippen LogP contribution in [0.5, 0.6) is 0 Å². The molecule has 3 heteroatoms. The van der Waals surface area contributed by atoms with Gasteiger partial charge < -0.3 is 9.84 Å². The molecule has 0 aromatic carbocycles. The second kappa shape index (κ2) is 3.89. The van der Waals surface area contributed by atoms with Gasteiger partial charge in [-0.05, 0) is 24.2 Å². The average Bonchev–Trinajstić information content (AvgIpc) is 2.45. The van der Waals surface area contributed by atoms with Crippen molar-refractivity contribution in [1.82, 2.24) is 0 Å². The maximum absolute atomic E-state index is 11.3. The minimum Gasteiger partial charge on any atom is -0.469 e. The summed E-state index contributed by atoms with van der Waals surface area (Å²) < 4.78 is 4.67. The summed E-state index contributed by atoms with van der Waals surface area (Å²) in [7, 11) is 1.37. The fourth-order valence-electron chi connectivity index (χ4n) is 2.34. The van der Waals surface area contributed by atoms with E-state index in [4.69, 9.17) is 0 Å². The summed E-state index contributed by atoms with van der Waals surface area (Å²) in [6.45, 7) is 6.29. The third-order valence-corrected chi connectivity index (χ3v) is 3.23. The Morgan fingerprint density at radius 1 is 1.36 bits per heavy atom. The maximum atomic E-state index is 11.3. The normalized spacial score (nSPS) is 33.1. The van der Waals surface area contributed by atoms with Gasteiger partial charge in [0.25, 0.3) is 0 Å². The molecule has 0 heterocycles. The minimum atomic E-state index is -0.539. The summed E-state index contributed by atoms with van der Waals surface area (Å²) in [5.74, 6) is -0.389. The van der Waals surface area contributed by atoms with Crippen molar-refractivity contribution >= 4 is 5.97 Å². The van der Waals surface area contributed by atoms with Crippen LogP contribution in [0.4, 0.5) is 0 Å². The topological polar surface area (TPSA) is 46.5 Å². The number of carbonyl (C=O) groups excluding carboxylic acids is 1. The van der Waals surface area contributed by atoms with Crippen molar-refractivity contribution in [3.05, 3.63) is 0 Å². The fraction of sp³-hybridized carbons (Fsp3) is 0.909. The van der Waals surface area contributed by atoms with Gasteiger partial charge in [0.15, 0.2) is 0 Å². The van der Waals surface area contributed by atoms with Crippen LogP contribution < -0.4 is 0 Å². The molecule has 0 aliphatic heterocycles. The predicted molar refractivity (Wildman–Crippen MR) is 53.7 cm³/mol. The number of methoxy groups -OCH3 is 1. The van der Waals surface area contributed by atoms with E-state index in [1.165, 1.54) is 7.11 Å². The van der Waals surface area contributed by atoms with Gasteiger partial charge in [-0.25, -0.2) is 0 Å². The number of hydrogen-bond donors (Lipinski definition) is 1. The van der Waals surface area contributed by atoms with E-state index in [1.807, 2.05) is 0 Å². The largest absolute Gasteiger partial charge is 0.469 e. The van der Waals surface area contributed by atoms with Gasteiger partial charge in [0, 0.05) is 0 Å². The molecule has 82 valence electrons. The van der Waals surface area contributed by atoms with Gasteiger partial charge >= 0.3 is 5.97 Å². The van der Waals surface area contributed by atoms with Gasteiger partial charge in [0.2, 0.25) is 0 Å². The Labute approximate surface area is 85.5 Å². The van der Waals surface area contributed by atoms with E-state index in [-0.39, 0.29) is 23.2 Å². The van der Waals surface area contributed by atoms with Crippen molar-refractivity contribution in [2.24, 2.45) is 17.3 Å². The second-order valence-electron chi connectivity index (χ2n) is 5.17. The summed E-state index contributed by atoms with van der Waals surface area (Å²) in [5.41, 5.74) is 0.0577. The number of esters is 1. The summed E-state index contributed by atoms with van der Waals surface area (Å²) in [5, 5.41) is 9.99. The van der Waals surface area contributed by atoms with E-state index in [0.29, 0.717) is 0 Å². The van der Waals surface area contributed by atoms with Crippen molar-refractivity contribution in [2.45, 2.75) is 39.7 Å². The van der Waals surface area contributed by atoms with Gasteiger partial charge in [-0.15, -0.1) is 0 Å². The van der Waals surface area contributed by atoms with Gasteiger partial charge in [-0.2, -0.15) is 0 Å². The lowest BCUT2D eigenvalue weighted by molar-refractivity contribution is -0.149. The average molecular weight is 200 g/mol. The quantitative estimate of drug-likeness (QED) is 0.654. The SMILES string of the molecule is COC(=O)C1CCC(C(C)(C)C)C1O. The molecule has 3 nitrogen and oxygen atoms in total. The Bertz CT molecular complexity index is 217. The number of carbonyl (C=O) groups is 1. The molecule has 3 atom stereocenters. The Morgan fingerprint density at radius 2 is 1.93 bits per heavy atom. The van der Waals surface area contributed by atoms with E-state index < -0.39 is 6.10 Å². The highest BCUT2D eigenvalue weighted by Crippen LogP contribution is 2.42. The molecule has 0 spiro atoms. The van der Waals surface area contributed by atoms with Crippen LogP contribution in [0.25, 0.3) is 0 Å². The summed E-state index contributed by atoms with van der Waals surface area (Å²) in [4.78, 5) is 11.3. The fourth-order valence-corrected chi connectivity index (χ4v) is 2.34. The van der Waals surface area contributed by atoms with Crippen LogP contribution in [0, 0.1) is 17.3 Å². The first-order valence-electron chi connectivity index (χ1n) is 5.14. The van der Waals surface area contributed by atoms with Crippen LogP contribution in [-0.4, -0.2) is 24.3 Å². The molecular formula is C11H20O3. The van der Waals surface area contributed by atoms with Crippen LogP contribution in [-0.2, 0) is 9.53 Å². The summed E-state index contributed by atoms with van der Waals surface area (Å²) in [6.07, 6.45) is 1.11. The highest BCUT2D eigenvalue weighted by atomic mass is 16.5. The highest BCUT2D eigenvalue weighted by Gasteiger charge is 2.44. The number of ether oxygens (including phenoxy) is 1. The van der Waals surface area contributed by atoms with Crippen LogP contribution in [0.1, 0.15) is 33.6 Å². The first kappa shape index (κ1) is 11.5. The van der Waals surface area contributed by atoms with Crippen molar-refractivity contribution in [3.63, 3.8) is 0 Å². The first-order valence-corrected chi connectivity index (χ1v) is 5.14. The Hall–Kier alpha value is -0.570. The van der Waals surface area contributed by atoms with Crippen LogP contribution in [0.2, 0.25) is 0 Å². The molecule has 1 aliphatic rings. The monoisotopic (exact) mass is 200 g/mol. The molecule has 1 aliphatic carbocycles. The number of rotatable bonds is 1. The van der Waals surface area contributed by atoms with E-state index in [0.717, 1.165) is 12.8 Å². The molecule has 3 unspecified atom stereocenters. The van der Waals surface area contributed by atoms with Gasteiger partial charge in [-0.1, -0.05) is 20.8 Å². The summed E-state index contributed by atoms with van der Waals surface area (Å²) >= 11 is 0. The van der Waals surface area contributed by atoms with Crippen LogP contribution in [0.3, 0.4) is 0 Å². The molecule has 0 bridgehead atoms. The first-order chi connectivity index (χ1) is 6.38. The molecule has 0 amide bonds. The van der Waals surface area contributed by atoms with E-state index >= 15 is 0 Å².